The number of rotatable bonds is 3. The monoisotopic (exact) mass is 297 g/mol. The first kappa shape index (κ1) is 16.1. The third-order valence-corrected chi connectivity index (χ3v) is 5.27. The summed E-state index contributed by atoms with van der Waals surface area (Å²) in [5, 5.41) is 9.56. The topological polar surface area (TPSA) is 64.1 Å². The second kappa shape index (κ2) is 5.83. The van der Waals surface area contributed by atoms with E-state index in [0.29, 0.717) is 25.6 Å². The zero-order valence-corrected chi connectivity index (χ0v) is 13.5. The van der Waals surface area contributed by atoms with Crippen LogP contribution in [0.1, 0.15) is 26.7 Å². The lowest BCUT2D eigenvalue weighted by Gasteiger charge is -2.30. The molecule has 0 radical (unpaired) electrons. The summed E-state index contributed by atoms with van der Waals surface area (Å²) in [7, 11) is 4.06. The number of carboxylic acids is 1. The van der Waals surface area contributed by atoms with Gasteiger partial charge in [-0.15, -0.1) is 0 Å². The van der Waals surface area contributed by atoms with E-state index in [1.807, 2.05) is 32.8 Å². The van der Waals surface area contributed by atoms with Crippen molar-refractivity contribution in [3.8, 4) is 0 Å². The summed E-state index contributed by atoms with van der Waals surface area (Å²) in [6.07, 6.45) is 1.54. The molecule has 2 atom stereocenters. The van der Waals surface area contributed by atoms with Gasteiger partial charge in [0.15, 0.2) is 0 Å². The van der Waals surface area contributed by atoms with Crippen molar-refractivity contribution in [2.45, 2.75) is 32.7 Å². The van der Waals surface area contributed by atoms with Gasteiger partial charge < -0.3 is 19.8 Å². The van der Waals surface area contributed by atoms with Crippen molar-refractivity contribution in [3.05, 3.63) is 0 Å². The van der Waals surface area contributed by atoms with Crippen molar-refractivity contribution in [2.75, 3.05) is 40.3 Å². The lowest BCUT2D eigenvalue weighted by molar-refractivity contribution is -0.150. The number of hydrogen-bond acceptors (Lipinski definition) is 3. The van der Waals surface area contributed by atoms with Crippen LogP contribution in [0, 0.1) is 11.3 Å². The number of carbonyl (C=O) groups excluding carboxylic acids is 1. The standard InChI is InChI=1S/C15H27N3O3/c1-11(2)15(13(19)20)6-8-18(10-15)14(21)17-7-5-12(9-17)16(3)4/h11-12H,5-10H2,1-4H3,(H,19,20). The minimum Gasteiger partial charge on any atom is -0.481 e. The van der Waals surface area contributed by atoms with Crippen LogP contribution in [0.4, 0.5) is 4.79 Å². The Balaban J connectivity index is 2.01. The molecule has 120 valence electrons. The van der Waals surface area contributed by atoms with Crippen LogP contribution >= 0.6 is 0 Å². The molecule has 0 aromatic heterocycles. The van der Waals surface area contributed by atoms with Crippen LogP contribution < -0.4 is 0 Å². The van der Waals surface area contributed by atoms with Gasteiger partial charge in [-0.2, -0.15) is 0 Å². The lowest BCUT2D eigenvalue weighted by Crippen LogP contribution is -2.45. The molecular formula is C15H27N3O3. The van der Waals surface area contributed by atoms with E-state index in [2.05, 4.69) is 4.90 Å². The molecule has 2 rings (SSSR count). The molecule has 2 amide bonds. The van der Waals surface area contributed by atoms with Gasteiger partial charge in [0.2, 0.25) is 0 Å². The maximum absolute atomic E-state index is 12.6. The third kappa shape index (κ3) is 2.86. The molecule has 21 heavy (non-hydrogen) atoms. The quantitative estimate of drug-likeness (QED) is 0.849. The highest BCUT2D eigenvalue weighted by molar-refractivity contribution is 5.80. The highest BCUT2D eigenvalue weighted by atomic mass is 16.4. The summed E-state index contributed by atoms with van der Waals surface area (Å²) < 4.78 is 0. The number of carbonyl (C=O) groups is 2. The molecule has 0 saturated carbocycles. The highest BCUT2D eigenvalue weighted by Crippen LogP contribution is 2.38. The summed E-state index contributed by atoms with van der Waals surface area (Å²) in [4.78, 5) is 30.0. The van der Waals surface area contributed by atoms with Gasteiger partial charge in [-0.1, -0.05) is 13.8 Å². The molecule has 6 heteroatoms. The van der Waals surface area contributed by atoms with Crippen molar-refractivity contribution >= 4 is 12.0 Å². The van der Waals surface area contributed by atoms with E-state index in [1.54, 1.807) is 4.90 Å². The van der Waals surface area contributed by atoms with Gasteiger partial charge in [0.25, 0.3) is 0 Å². The molecule has 0 bridgehead atoms. The van der Waals surface area contributed by atoms with Crippen molar-refractivity contribution in [2.24, 2.45) is 11.3 Å². The van der Waals surface area contributed by atoms with Gasteiger partial charge in [0.1, 0.15) is 0 Å². The van der Waals surface area contributed by atoms with Crippen LogP contribution in [0.3, 0.4) is 0 Å². The van der Waals surface area contributed by atoms with Crippen LogP contribution in [-0.2, 0) is 4.79 Å². The number of carboxylic acid groups (broad SMARTS) is 1. The highest BCUT2D eigenvalue weighted by Gasteiger charge is 2.49. The van der Waals surface area contributed by atoms with Gasteiger partial charge in [-0.3, -0.25) is 4.79 Å². The van der Waals surface area contributed by atoms with Gasteiger partial charge in [0.05, 0.1) is 5.41 Å². The molecule has 0 aromatic rings. The number of nitrogens with zero attached hydrogens (tertiary/aromatic N) is 3. The Hall–Kier alpha value is -1.30. The lowest BCUT2D eigenvalue weighted by atomic mass is 9.76. The Labute approximate surface area is 126 Å². The molecule has 2 aliphatic rings. The van der Waals surface area contributed by atoms with E-state index < -0.39 is 11.4 Å². The van der Waals surface area contributed by atoms with Gasteiger partial charge in [-0.25, -0.2) is 4.79 Å². The molecule has 0 aromatic carbocycles. The average Bonchev–Trinajstić information content (AvgIpc) is 3.06. The van der Waals surface area contributed by atoms with E-state index in [4.69, 9.17) is 0 Å². The SMILES string of the molecule is CC(C)C1(C(=O)O)CCN(C(=O)N2CCC(N(C)C)C2)C1. The Morgan fingerprint density at radius 3 is 2.33 bits per heavy atom. The second-order valence-electron chi connectivity index (χ2n) is 6.92. The maximum atomic E-state index is 12.6. The van der Waals surface area contributed by atoms with Crippen LogP contribution in [-0.4, -0.2) is 78.1 Å². The first-order valence-electron chi connectivity index (χ1n) is 7.71. The number of likely N-dealkylation sites (N-methyl/N-ethyl adjacent to an activating group) is 1. The van der Waals surface area contributed by atoms with Crippen molar-refractivity contribution in [3.63, 3.8) is 0 Å². The number of urea groups is 1. The molecule has 2 unspecified atom stereocenters. The molecule has 2 aliphatic heterocycles. The molecule has 0 spiro atoms. The molecule has 2 heterocycles. The van der Waals surface area contributed by atoms with Crippen LogP contribution in [0.25, 0.3) is 0 Å². The predicted molar refractivity (Wildman–Crippen MR) is 80.2 cm³/mol. The van der Waals surface area contributed by atoms with E-state index >= 15 is 0 Å². The maximum Gasteiger partial charge on any atom is 0.320 e. The average molecular weight is 297 g/mol. The smallest absolute Gasteiger partial charge is 0.320 e. The number of amides is 2. The van der Waals surface area contributed by atoms with E-state index in [0.717, 1.165) is 19.5 Å². The van der Waals surface area contributed by atoms with Gasteiger partial charge in [-0.05, 0) is 32.9 Å². The summed E-state index contributed by atoms with van der Waals surface area (Å²) >= 11 is 0. The fourth-order valence-electron chi connectivity index (χ4n) is 3.43. The Morgan fingerprint density at radius 2 is 1.90 bits per heavy atom. The summed E-state index contributed by atoms with van der Waals surface area (Å²) in [5.41, 5.74) is -0.781. The molecule has 6 nitrogen and oxygen atoms in total. The van der Waals surface area contributed by atoms with E-state index in [9.17, 15) is 14.7 Å². The van der Waals surface area contributed by atoms with E-state index in [-0.39, 0.29) is 11.9 Å². The summed E-state index contributed by atoms with van der Waals surface area (Å²) in [6.45, 7) is 6.25. The van der Waals surface area contributed by atoms with Gasteiger partial charge >= 0.3 is 12.0 Å². The summed E-state index contributed by atoms with van der Waals surface area (Å²) in [6, 6.07) is 0.411. The number of hydrogen-bond donors (Lipinski definition) is 1. The zero-order valence-electron chi connectivity index (χ0n) is 13.5. The number of aliphatic carboxylic acids is 1. The number of likely N-dealkylation sites (tertiary alicyclic amines) is 2. The minimum absolute atomic E-state index is 0.00289. The zero-order chi connectivity index (χ0) is 15.8. The first-order chi connectivity index (χ1) is 9.78. The Morgan fingerprint density at radius 1 is 1.24 bits per heavy atom. The molecule has 1 N–H and O–H groups in total. The molecule has 2 fully saturated rings. The second-order valence-corrected chi connectivity index (χ2v) is 6.92. The molecule has 0 aliphatic carbocycles. The fraction of sp³-hybridized carbons (Fsp3) is 0.867. The summed E-state index contributed by atoms with van der Waals surface area (Å²) in [5.74, 6) is -0.749. The van der Waals surface area contributed by atoms with Crippen LogP contribution in [0.2, 0.25) is 0 Å². The van der Waals surface area contributed by atoms with Gasteiger partial charge in [0, 0.05) is 32.2 Å². The normalized spacial score (nSPS) is 29.7. The molecule has 2 saturated heterocycles. The Bertz CT molecular complexity index is 424. The molecular weight excluding hydrogens is 270 g/mol. The fourth-order valence-corrected chi connectivity index (χ4v) is 3.43. The van der Waals surface area contributed by atoms with Crippen molar-refractivity contribution in [1.82, 2.24) is 14.7 Å². The van der Waals surface area contributed by atoms with Crippen molar-refractivity contribution < 1.29 is 14.7 Å². The predicted octanol–water partition coefficient (Wildman–Crippen LogP) is 1.18. The van der Waals surface area contributed by atoms with Crippen LogP contribution in [0.5, 0.6) is 0 Å². The third-order valence-electron chi connectivity index (χ3n) is 5.27. The first-order valence-corrected chi connectivity index (χ1v) is 7.71. The largest absolute Gasteiger partial charge is 0.481 e. The van der Waals surface area contributed by atoms with E-state index in [1.165, 1.54) is 0 Å². The minimum atomic E-state index is -0.781. The Kier molecular flexibility index (Phi) is 4.46. The van der Waals surface area contributed by atoms with Crippen molar-refractivity contribution in [1.29, 1.82) is 0 Å². The van der Waals surface area contributed by atoms with Crippen LogP contribution in [0.15, 0.2) is 0 Å².